The fourth-order valence-electron chi connectivity index (χ4n) is 1.43. The first-order valence-corrected chi connectivity index (χ1v) is 6.14. The van der Waals surface area contributed by atoms with Crippen LogP contribution in [0.2, 0.25) is 0 Å². The Morgan fingerprint density at radius 1 is 1.56 bits per heavy atom. The summed E-state index contributed by atoms with van der Waals surface area (Å²) in [5.74, 6) is -0.209. The van der Waals surface area contributed by atoms with Gasteiger partial charge in [-0.3, -0.25) is 4.79 Å². The highest BCUT2D eigenvalue weighted by atomic mass is 79.9. The van der Waals surface area contributed by atoms with E-state index in [9.17, 15) is 4.79 Å². The maximum atomic E-state index is 11.7. The predicted molar refractivity (Wildman–Crippen MR) is 77.8 cm³/mol. The van der Waals surface area contributed by atoms with Gasteiger partial charge in [0.1, 0.15) is 6.04 Å². The van der Waals surface area contributed by atoms with Crippen molar-refractivity contribution in [3.63, 3.8) is 0 Å². The number of rotatable bonds is 5. The summed E-state index contributed by atoms with van der Waals surface area (Å²) in [5, 5.41) is 2.84. The number of benzene rings is 1. The number of hydrogen-bond acceptors (Lipinski definition) is 3. The minimum atomic E-state index is -0.630. The lowest BCUT2D eigenvalue weighted by Gasteiger charge is -2.17. The third-order valence-electron chi connectivity index (χ3n) is 2.39. The average molecular weight is 338 g/mol. The Kier molecular flexibility index (Phi) is 8.18. The molecule has 0 heterocycles. The van der Waals surface area contributed by atoms with E-state index < -0.39 is 6.04 Å². The van der Waals surface area contributed by atoms with Crippen molar-refractivity contribution in [1.82, 2.24) is 5.32 Å². The zero-order chi connectivity index (χ0) is 12.8. The van der Waals surface area contributed by atoms with Crippen LogP contribution in [0, 0.1) is 0 Å². The second-order valence-electron chi connectivity index (χ2n) is 3.85. The van der Waals surface area contributed by atoms with E-state index >= 15 is 0 Å². The second-order valence-corrected chi connectivity index (χ2v) is 4.76. The summed E-state index contributed by atoms with van der Waals surface area (Å²) in [6.07, 6.45) is 0. The third-order valence-corrected chi connectivity index (χ3v) is 2.88. The van der Waals surface area contributed by atoms with Crippen LogP contribution in [0.3, 0.4) is 0 Å². The molecule has 4 nitrogen and oxygen atoms in total. The molecule has 0 saturated carbocycles. The number of methoxy groups -OCH3 is 1. The van der Waals surface area contributed by atoms with Crippen LogP contribution in [0.1, 0.15) is 18.5 Å². The highest BCUT2D eigenvalue weighted by Crippen LogP contribution is 2.17. The first-order valence-electron chi connectivity index (χ1n) is 5.35. The molecule has 1 rings (SSSR count). The summed E-state index contributed by atoms with van der Waals surface area (Å²) >= 11 is 3.39. The molecule has 0 fully saturated rings. The first kappa shape index (κ1) is 17.4. The molecule has 2 unspecified atom stereocenters. The molecule has 1 aromatic carbocycles. The van der Waals surface area contributed by atoms with Gasteiger partial charge in [0.2, 0.25) is 5.91 Å². The largest absolute Gasteiger partial charge is 0.383 e. The monoisotopic (exact) mass is 336 g/mol. The summed E-state index contributed by atoms with van der Waals surface area (Å²) < 4.78 is 5.82. The van der Waals surface area contributed by atoms with Crippen LogP contribution in [-0.4, -0.2) is 25.7 Å². The van der Waals surface area contributed by atoms with E-state index in [0.717, 1.165) is 10.0 Å². The molecule has 0 saturated heterocycles. The van der Waals surface area contributed by atoms with Crippen molar-refractivity contribution in [3.8, 4) is 0 Å². The molecule has 0 aromatic heterocycles. The summed E-state index contributed by atoms with van der Waals surface area (Å²) in [6, 6.07) is 7.08. The van der Waals surface area contributed by atoms with Gasteiger partial charge in [-0.05, 0) is 24.6 Å². The van der Waals surface area contributed by atoms with Crippen LogP contribution >= 0.6 is 28.3 Å². The Morgan fingerprint density at radius 2 is 2.22 bits per heavy atom. The number of nitrogens with one attached hydrogen (secondary N) is 1. The molecular formula is C12H18BrClN2O2. The van der Waals surface area contributed by atoms with Gasteiger partial charge in [-0.15, -0.1) is 12.4 Å². The first-order chi connectivity index (χ1) is 8.04. The number of hydrogen-bond donors (Lipinski definition) is 2. The number of carbonyl (C=O) groups is 1. The molecule has 6 heteroatoms. The number of nitrogens with two attached hydrogens (primary N) is 1. The van der Waals surface area contributed by atoms with Crippen LogP contribution in [0.5, 0.6) is 0 Å². The Hall–Kier alpha value is -0.620. The summed E-state index contributed by atoms with van der Waals surface area (Å²) in [7, 11) is 1.52. The molecule has 18 heavy (non-hydrogen) atoms. The van der Waals surface area contributed by atoms with Crippen molar-refractivity contribution >= 4 is 34.2 Å². The Labute approximate surface area is 122 Å². The highest BCUT2D eigenvalue weighted by Gasteiger charge is 2.16. The molecular weight excluding hydrogens is 320 g/mol. The number of carbonyl (C=O) groups excluding carboxylic acids is 1. The van der Waals surface area contributed by atoms with Crippen molar-refractivity contribution in [2.75, 3.05) is 13.7 Å². The van der Waals surface area contributed by atoms with Gasteiger partial charge in [-0.25, -0.2) is 0 Å². The summed E-state index contributed by atoms with van der Waals surface area (Å²) in [6.45, 7) is 2.14. The quantitative estimate of drug-likeness (QED) is 0.864. The van der Waals surface area contributed by atoms with Crippen molar-refractivity contribution in [2.45, 2.75) is 19.0 Å². The van der Waals surface area contributed by atoms with Gasteiger partial charge >= 0.3 is 0 Å². The van der Waals surface area contributed by atoms with Crippen LogP contribution in [0.4, 0.5) is 0 Å². The number of amides is 1. The molecule has 102 valence electrons. The normalized spacial score (nSPS) is 13.3. The van der Waals surface area contributed by atoms with Crippen molar-refractivity contribution < 1.29 is 9.53 Å². The molecule has 0 aliphatic carbocycles. The zero-order valence-corrected chi connectivity index (χ0v) is 12.8. The molecule has 1 aromatic rings. The van der Waals surface area contributed by atoms with Gasteiger partial charge in [0, 0.05) is 11.6 Å². The zero-order valence-electron chi connectivity index (χ0n) is 10.4. The second kappa shape index (κ2) is 8.48. The maximum Gasteiger partial charge on any atom is 0.239 e. The molecule has 0 aliphatic rings. The molecule has 3 N–H and O–H groups in total. The van der Waals surface area contributed by atoms with Crippen molar-refractivity contribution in [2.24, 2.45) is 5.73 Å². The van der Waals surface area contributed by atoms with E-state index in [0.29, 0.717) is 0 Å². The van der Waals surface area contributed by atoms with Crippen LogP contribution < -0.4 is 11.1 Å². The summed E-state index contributed by atoms with van der Waals surface area (Å²) in [5.41, 5.74) is 6.66. The molecule has 0 spiro atoms. The van der Waals surface area contributed by atoms with E-state index in [1.54, 1.807) is 0 Å². The smallest absolute Gasteiger partial charge is 0.239 e. The Bertz CT molecular complexity index is 390. The fraction of sp³-hybridized carbons (Fsp3) is 0.417. The lowest BCUT2D eigenvalue weighted by molar-refractivity contribution is -0.124. The lowest BCUT2D eigenvalue weighted by Crippen LogP contribution is -2.44. The average Bonchev–Trinajstić information content (AvgIpc) is 2.29. The minimum absolute atomic E-state index is 0. The lowest BCUT2D eigenvalue weighted by atomic mass is 10.1. The third kappa shape index (κ3) is 5.35. The standard InChI is InChI=1S/C12H17BrN2O2.ClH/c1-8(9-4-3-5-10(13)6-9)15-12(16)11(14)7-17-2;/h3-6,8,11H,7,14H2,1-2H3,(H,15,16);1H. The van der Waals surface area contributed by atoms with Crippen LogP contribution in [0.15, 0.2) is 28.7 Å². The molecule has 0 radical (unpaired) electrons. The van der Waals surface area contributed by atoms with Crippen molar-refractivity contribution in [3.05, 3.63) is 34.3 Å². The van der Waals surface area contributed by atoms with Gasteiger partial charge < -0.3 is 15.8 Å². The molecule has 1 amide bonds. The SMILES string of the molecule is COCC(N)C(=O)NC(C)c1cccc(Br)c1.Cl. The van der Waals surface area contributed by atoms with E-state index in [1.807, 2.05) is 31.2 Å². The van der Waals surface area contributed by atoms with Gasteiger partial charge in [-0.2, -0.15) is 0 Å². The van der Waals surface area contributed by atoms with Gasteiger partial charge in [-0.1, -0.05) is 28.1 Å². The van der Waals surface area contributed by atoms with E-state index in [4.69, 9.17) is 10.5 Å². The van der Waals surface area contributed by atoms with E-state index in [1.165, 1.54) is 7.11 Å². The molecule has 0 bridgehead atoms. The van der Waals surface area contributed by atoms with Gasteiger partial charge in [0.05, 0.1) is 12.6 Å². The van der Waals surface area contributed by atoms with Gasteiger partial charge in [0.15, 0.2) is 0 Å². The van der Waals surface area contributed by atoms with Crippen LogP contribution in [0.25, 0.3) is 0 Å². The minimum Gasteiger partial charge on any atom is -0.383 e. The number of halogens is 2. The van der Waals surface area contributed by atoms with Crippen LogP contribution in [-0.2, 0) is 9.53 Å². The Balaban J connectivity index is 0.00000289. The topological polar surface area (TPSA) is 64.3 Å². The highest BCUT2D eigenvalue weighted by molar-refractivity contribution is 9.10. The molecule has 0 aliphatic heterocycles. The molecule has 2 atom stereocenters. The fourth-order valence-corrected chi connectivity index (χ4v) is 1.85. The maximum absolute atomic E-state index is 11.7. The summed E-state index contributed by atoms with van der Waals surface area (Å²) in [4.78, 5) is 11.7. The Morgan fingerprint density at radius 3 is 2.78 bits per heavy atom. The van der Waals surface area contributed by atoms with Crippen molar-refractivity contribution in [1.29, 1.82) is 0 Å². The van der Waals surface area contributed by atoms with E-state index in [-0.39, 0.29) is 31.0 Å². The van der Waals surface area contributed by atoms with Gasteiger partial charge in [0.25, 0.3) is 0 Å². The van der Waals surface area contributed by atoms with E-state index in [2.05, 4.69) is 21.2 Å². The predicted octanol–water partition coefficient (Wildman–Crippen LogP) is 2.02. The number of ether oxygens (including phenoxy) is 1.